The third-order valence-corrected chi connectivity index (χ3v) is 3.68. The van der Waals surface area contributed by atoms with Gasteiger partial charge in [0.25, 0.3) is 0 Å². The van der Waals surface area contributed by atoms with Crippen molar-refractivity contribution in [1.82, 2.24) is 0 Å². The van der Waals surface area contributed by atoms with E-state index in [4.69, 9.17) is 4.74 Å². The third-order valence-electron chi connectivity index (χ3n) is 3.68. The predicted molar refractivity (Wildman–Crippen MR) is 72.4 cm³/mol. The molecule has 3 nitrogen and oxygen atoms in total. The van der Waals surface area contributed by atoms with E-state index in [1.165, 1.54) is 16.5 Å². The smallest absolute Gasteiger partial charge is 0.214 e. The molecule has 1 amide bonds. The van der Waals surface area contributed by atoms with Gasteiger partial charge in [-0.15, -0.1) is 0 Å². The number of fused-ring (bicyclic) bond motifs is 3. The van der Waals surface area contributed by atoms with Gasteiger partial charge in [-0.2, -0.15) is 0 Å². The molecule has 0 bridgehead atoms. The summed E-state index contributed by atoms with van der Waals surface area (Å²) in [5.41, 5.74) is 3.48. The van der Waals surface area contributed by atoms with E-state index in [1.807, 2.05) is 12.1 Å². The largest absolute Gasteiger partial charge is 0.496 e. The molecule has 1 aliphatic heterocycles. The van der Waals surface area contributed by atoms with Crippen LogP contribution in [0.25, 0.3) is 10.8 Å². The molecule has 0 spiro atoms. The van der Waals surface area contributed by atoms with Gasteiger partial charge in [0.15, 0.2) is 0 Å². The molecule has 0 radical (unpaired) electrons. The Hall–Kier alpha value is -2.03. The molecular weight excluding hydrogens is 226 g/mol. The summed E-state index contributed by atoms with van der Waals surface area (Å²) in [5, 5.41) is 2.36. The molecule has 0 N–H and O–H groups in total. The molecule has 0 unspecified atom stereocenters. The van der Waals surface area contributed by atoms with Crippen molar-refractivity contribution in [1.29, 1.82) is 0 Å². The number of aryl methyl sites for hydroxylation is 1. The minimum atomic E-state index is 0.759. The van der Waals surface area contributed by atoms with Gasteiger partial charge in [0.1, 0.15) is 5.75 Å². The fourth-order valence-electron chi connectivity index (χ4n) is 2.83. The standard InChI is InChI=1S/C15H15NO2/c1-10-4-3-5-12-14(18-2)8-13-11(15(10)12)6-7-16(13)9-17/h3-5,8-9H,6-7H2,1-2H3. The Morgan fingerprint density at radius 1 is 1.39 bits per heavy atom. The van der Waals surface area contributed by atoms with E-state index in [-0.39, 0.29) is 0 Å². The highest BCUT2D eigenvalue weighted by molar-refractivity contribution is 6.00. The molecule has 1 heterocycles. The maximum atomic E-state index is 11.1. The first-order valence-electron chi connectivity index (χ1n) is 6.07. The van der Waals surface area contributed by atoms with Crippen LogP contribution in [0.1, 0.15) is 11.1 Å². The summed E-state index contributed by atoms with van der Waals surface area (Å²) in [7, 11) is 1.67. The average Bonchev–Trinajstić information content (AvgIpc) is 2.80. The summed E-state index contributed by atoms with van der Waals surface area (Å²) in [4.78, 5) is 12.8. The van der Waals surface area contributed by atoms with E-state index >= 15 is 0 Å². The number of carbonyl (C=O) groups excluding carboxylic acids is 1. The van der Waals surface area contributed by atoms with Crippen LogP contribution in [0.2, 0.25) is 0 Å². The lowest BCUT2D eigenvalue weighted by atomic mass is 9.97. The lowest BCUT2D eigenvalue weighted by molar-refractivity contribution is -0.107. The van der Waals surface area contributed by atoms with E-state index in [0.29, 0.717) is 0 Å². The fourth-order valence-corrected chi connectivity index (χ4v) is 2.83. The summed E-state index contributed by atoms with van der Waals surface area (Å²) >= 11 is 0. The van der Waals surface area contributed by atoms with Crippen LogP contribution < -0.4 is 9.64 Å². The van der Waals surface area contributed by atoms with Crippen LogP contribution in [0.5, 0.6) is 5.75 Å². The van der Waals surface area contributed by atoms with Gasteiger partial charge in [0.05, 0.1) is 12.8 Å². The number of carbonyl (C=O) groups is 1. The van der Waals surface area contributed by atoms with Gasteiger partial charge in [-0.3, -0.25) is 4.79 Å². The van der Waals surface area contributed by atoms with Gasteiger partial charge in [-0.25, -0.2) is 0 Å². The van der Waals surface area contributed by atoms with Crippen LogP contribution in [0, 0.1) is 6.92 Å². The number of anilines is 1. The Bertz CT molecular complexity index is 634. The van der Waals surface area contributed by atoms with E-state index < -0.39 is 0 Å². The van der Waals surface area contributed by atoms with Gasteiger partial charge in [0, 0.05) is 18.0 Å². The van der Waals surface area contributed by atoms with Gasteiger partial charge in [-0.05, 0) is 29.9 Å². The van der Waals surface area contributed by atoms with Crippen molar-refractivity contribution in [2.45, 2.75) is 13.3 Å². The number of amides is 1. The Balaban J connectivity index is 2.41. The molecule has 0 saturated heterocycles. The van der Waals surface area contributed by atoms with Crippen LogP contribution in [-0.4, -0.2) is 20.1 Å². The number of ether oxygens (including phenoxy) is 1. The molecule has 2 aromatic carbocycles. The van der Waals surface area contributed by atoms with Crippen molar-refractivity contribution < 1.29 is 9.53 Å². The van der Waals surface area contributed by atoms with Crippen molar-refractivity contribution in [2.24, 2.45) is 0 Å². The fraction of sp³-hybridized carbons (Fsp3) is 0.267. The molecule has 0 fully saturated rings. The summed E-state index contributed by atoms with van der Waals surface area (Å²) < 4.78 is 5.46. The second kappa shape index (κ2) is 4.02. The molecule has 18 heavy (non-hydrogen) atoms. The minimum absolute atomic E-state index is 0.759. The second-order valence-corrected chi connectivity index (χ2v) is 4.62. The topological polar surface area (TPSA) is 29.5 Å². The highest BCUT2D eigenvalue weighted by atomic mass is 16.5. The zero-order chi connectivity index (χ0) is 12.7. The molecule has 0 atom stereocenters. The normalized spacial score (nSPS) is 13.8. The first kappa shape index (κ1) is 11.1. The van der Waals surface area contributed by atoms with Crippen molar-refractivity contribution in [3.63, 3.8) is 0 Å². The van der Waals surface area contributed by atoms with Crippen molar-refractivity contribution >= 4 is 22.9 Å². The zero-order valence-corrected chi connectivity index (χ0v) is 10.6. The zero-order valence-electron chi connectivity index (χ0n) is 10.6. The number of hydrogen-bond donors (Lipinski definition) is 0. The van der Waals surface area contributed by atoms with E-state index in [9.17, 15) is 4.79 Å². The van der Waals surface area contributed by atoms with E-state index in [2.05, 4.69) is 19.1 Å². The molecule has 2 aromatic rings. The SMILES string of the molecule is COc1cc2c(c3c(C)cccc13)CCN2C=O. The highest BCUT2D eigenvalue weighted by Crippen LogP contribution is 2.40. The van der Waals surface area contributed by atoms with Crippen LogP contribution in [-0.2, 0) is 11.2 Å². The summed E-state index contributed by atoms with van der Waals surface area (Å²) in [6, 6.07) is 8.19. The Kier molecular flexibility index (Phi) is 2.47. The number of methoxy groups -OCH3 is 1. The molecular formula is C15H15NO2. The Morgan fingerprint density at radius 2 is 2.22 bits per heavy atom. The number of nitrogens with zero attached hydrogens (tertiary/aromatic N) is 1. The van der Waals surface area contributed by atoms with Gasteiger partial charge < -0.3 is 9.64 Å². The molecule has 3 heteroatoms. The van der Waals surface area contributed by atoms with Crippen LogP contribution >= 0.6 is 0 Å². The van der Waals surface area contributed by atoms with E-state index in [0.717, 1.165) is 36.2 Å². The summed E-state index contributed by atoms with van der Waals surface area (Å²) in [6.07, 6.45) is 1.81. The number of benzene rings is 2. The predicted octanol–water partition coefficient (Wildman–Crippen LogP) is 2.68. The average molecular weight is 241 g/mol. The lowest BCUT2D eigenvalue weighted by Gasteiger charge is -2.15. The second-order valence-electron chi connectivity index (χ2n) is 4.62. The molecule has 0 saturated carbocycles. The molecule has 92 valence electrons. The van der Waals surface area contributed by atoms with Crippen molar-refractivity contribution in [3.8, 4) is 5.75 Å². The van der Waals surface area contributed by atoms with Crippen LogP contribution in [0.3, 0.4) is 0 Å². The quantitative estimate of drug-likeness (QED) is 0.756. The number of rotatable bonds is 2. The van der Waals surface area contributed by atoms with Crippen molar-refractivity contribution in [2.75, 3.05) is 18.6 Å². The minimum Gasteiger partial charge on any atom is -0.496 e. The monoisotopic (exact) mass is 241 g/mol. The van der Waals surface area contributed by atoms with Crippen LogP contribution in [0.4, 0.5) is 5.69 Å². The molecule has 0 aromatic heterocycles. The van der Waals surface area contributed by atoms with Gasteiger partial charge in [-0.1, -0.05) is 18.2 Å². The summed E-state index contributed by atoms with van der Waals surface area (Å²) in [5.74, 6) is 0.834. The van der Waals surface area contributed by atoms with Crippen LogP contribution in [0.15, 0.2) is 24.3 Å². The first-order valence-corrected chi connectivity index (χ1v) is 6.07. The Morgan fingerprint density at radius 3 is 2.94 bits per heavy atom. The number of hydrogen-bond acceptors (Lipinski definition) is 2. The molecule has 3 rings (SSSR count). The van der Waals surface area contributed by atoms with Gasteiger partial charge >= 0.3 is 0 Å². The maximum Gasteiger partial charge on any atom is 0.214 e. The van der Waals surface area contributed by atoms with Gasteiger partial charge in [0.2, 0.25) is 6.41 Å². The lowest BCUT2D eigenvalue weighted by Crippen LogP contribution is -2.17. The third kappa shape index (κ3) is 1.40. The Labute approximate surface area is 106 Å². The first-order chi connectivity index (χ1) is 8.76. The van der Waals surface area contributed by atoms with E-state index in [1.54, 1.807) is 12.0 Å². The molecule has 1 aliphatic rings. The maximum absolute atomic E-state index is 11.1. The molecule has 0 aliphatic carbocycles. The van der Waals surface area contributed by atoms with Crippen molar-refractivity contribution in [3.05, 3.63) is 35.4 Å². The summed E-state index contributed by atoms with van der Waals surface area (Å²) in [6.45, 7) is 2.86. The highest BCUT2D eigenvalue weighted by Gasteiger charge is 2.23.